The molecule has 2 aromatic carbocycles. The molecule has 0 saturated heterocycles. The van der Waals surface area contributed by atoms with Crippen molar-refractivity contribution in [1.82, 2.24) is 0 Å². The molecule has 0 aliphatic heterocycles. The molecule has 3 N–H and O–H groups in total. The largest absolute Gasteiger partial charge is 0.495 e. The van der Waals surface area contributed by atoms with Gasteiger partial charge >= 0.3 is 0 Å². The summed E-state index contributed by atoms with van der Waals surface area (Å²) < 4.78 is 6.80. The molecule has 4 nitrogen and oxygen atoms in total. The molecule has 0 saturated carbocycles. The minimum Gasteiger partial charge on any atom is -0.495 e. The third-order valence-corrected chi connectivity index (χ3v) is 3.86. The molecule has 0 aromatic heterocycles. The number of anilines is 2. The average Bonchev–Trinajstić information content (AvgIpc) is 2.42. The normalized spacial score (nSPS) is 10.2. The molecule has 2 rings (SSSR count). The monoisotopic (exact) mass is 398 g/mol. The van der Waals surface area contributed by atoms with Crippen LogP contribution in [0, 0.1) is 0 Å². The fourth-order valence-corrected chi connectivity index (χ4v) is 2.85. The summed E-state index contributed by atoms with van der Waals surface area (Å²) in [7, 11) is 1.51. The fraction of sp³-hybridized carbons (Fsp3) is 0.0714. The molecule has 0 bridgehead atoms. The van der Waals surface area contributed by atoms with Gasteiger partial charge in [-0.15, -0.1) is 0 Å². The summed E-state index contributed by atoms with van der Waals surface area (Å²) in [6.45, 7) is 0. The highest BCUT2D eigenvalue weighted by Crippen LogP contribution is 2.29. The van der Waals surface area contributed by atoms with Crippen molar-refractivity contribution in [2.24, 2.45) is 0 Å². The first-order chi connectivity index (χ1) is 9.52. The molecule has 0 unspecified atom stereocenters. The second-order valence-corrected chi connectivity index (χ2v) is 5.77. The number of para-hydroxylation sites is 1. The lowest BCUT2D eigenvalue weighted by atomic mass is 10.1. The number of carbonyl (C=O) groups is 1. The van der Waals surface area contributed by atoms with E-state index in [1.807, 2.05) is 12.1 Å². The number of nitrogens with one attached hydrogen (secondary N) is 1. The van der Waals surface area contributed by atoms with Crippen LogP contribution >= 0.6 is 31.9 Å². The van der Waals surface area contributed by atoms with E-state index in [0.29, 0.717) is 22.7 Å². The summed E-state index contributed by atoms with van der Waals surface area (Å²) >= 11 is 6.75. The maximum atomic E-state index is 12.3. The first kappa shape index (κ1) is 14.9. The number of hydrogen-bond acceptors (Lipinski definition) is 3. The van der Waals surface area contributed by atoms with Gasteiger partial charge in [0.1, 0.15) is 5.75 Å². The van der Waals surface area contributed by atoms with Crippen LogP contribution in [0.3, 0.4) is 0 Å². The zero-order valence-electron chi connectivity index (χ0n) is 10.6. The predicted molar refractivity (Wildman–Crippen MR) is 87.2 cm³/mol. The molecular weight excluding hydrogens is 388 g/mol. The number of nitrogens with two attached hydrogens (primary N) is 1. The fourth-order valence-electron chi connectivity index (χ4n) is 1.70. The van der Waals surface area contributed by atoms with Crippen molar-refractivity contribution in [3.63, 3.8) is 0 Å². The summed E-state index contributed by atoms with van der Waals surface area (Å²) in [6, 6.07) is 10.6. The SMILES string of the molecule is COc1cccc(C(=O)Nc2ccc(Br)cc2Br)c1N. The number of rotatable bonds is 3. The van der Waals surface area contributed by atoms with Crippen molar-refractivity contribution in [3.05, 3.63) is 50.9 Å². The van der Waals surface area contributed by atoms with Crippen molar-refractivity contribution in [2.75, 3.05) is 18.2 Å². The Balaban J connectivity index is 2.28. The van der Waals surface area contributed by atoms with Gasteiger partial charge in [0.2, 0.25) is 0 Å². The van der Waals surface area contributed by atoms with Gasteiger partial charge < -0.3 is 15.8 Å². The molecule has 0 spiro atoms. The number of ether oxygens (including phenoxy) is 1. The van der Waals surface area contributed by atoms with Crippen LogP contribution < -0.4 is 15.8 Å². The van der Waals surface area contributed by atoms with E-state index in [2.05, 4.69) is 37.2 Å². The Hall–Kier alpha value is -1.53. The van der Waals surface area contributed by atoms with Crippen molar-refractivity contribution in [3.8, 4) is 5.75 Å². The van der Waals surface area contributed by atoms with Crippen molar-refractivity contribution >= 4 is 49.1 Å². The van der Waals surface area contributed by atoms with Crippen molar-refractivity contribution < 1.29 is 9.53 Å². The van der Waals surface area contributed by atoms with Gasteiger partial charge in [-0.05, 0) is 46.3 Å². The first-order valence-corrected chi connectivity index (χ1v) is 7.30. The highest BCUT2D eigenvalue weighted by molar-refractivity contribution is 9.11. The molecule has 0 aliphatic rings. The smallest absolute Gasteiger partial charge is 0.257 e. The van der Waals surface area contributed by atoms with Crippen LogP contribution in [0.1, 0.15) is 10.4 Å². The Morgan fingerprint density at radius 2 is 2.00 bits per heavy atom. The molecule has 0 aliphatic carbocycles. The van der Waals surface area contributed by atoms with Gasteiger partial charge in [-0.2, -0.15) is 0 Å². The zero-order chi connectivity index (χ0) is 14.7. The van der Waals surface area contributed by atoms with E-state index < -0.39 is 0 Å². The Morgan fingerprint density at radius 1 is 1.25 bits per heavy atom. The van der Waals surface area contributed by atoms with Gasteiger partial charge in [0, 0.05) is 8.95 Å². The third-order valence-electron chi connectivity index (χ3n) is 2.71. The standard InChI is InChI=1S/C14H12Br2N2O2/c1-20-12-4-2-3-9(13(12)17)14(19)18-11-6-5-8(15)7-10(11)16/h2-7H,17H2,1H3,(H,18,19). The number of amides is 1. The van der Waals surface area contributed by atoms with Gasteiger partial charge in [-0.1, -0.05) is 22.0 Å². The number of hydrogen-bond donors (Lipinski definition) is 2. The van der Waals surface area contributed by atoms with Gasteiger partial charge in [0.15, 0.2) is 0 Å². The van der Waals surface area contributed by atoms with Crippen LogP contribution in [0.2, 0.25) is 0 Å². The Kier molecular flexibility index (Phi) is 4.67. The summed E-state index contributed by atoms with van der Waals surface area (Å²) in [6.07, 6.45) is 0. The molecule has 0 fully saturated rings. The van der Waals surface area contributed by atoms with E-state index >= 15 is 0 Å². The molecule has 6 heteroatoms. The lowest BCUT2D eigenvalue weighted by molar-refractivity contribution is 0.102. The van der Waals surface area contributed by atoms with Crippen LogP contribution in [0.5, 0.6) is 5.75 Å². The van der Waals surface area contributed by atoms with Crippen LogP contribution in [0.15, 0.2) is 45.3 Å². The molecule has 0 heterocycles. The molecule has 104 valence electrons. The van der Waals surface area contributed by atoms with E-state index in [0.717, 1.165) is 8.95 Å². The number of methoxy groups -OCH3 is 1. The lowest BCUT2D eigenvalue weighted by Crippen LogP contribution is -2.14. The zero-order valence-corrected chi connectivity index (χ0v) is 13.8. The molecule has 0 atom stereocenters. The number of carbonyl (C=O) groups excluding carboxylic acids is 1. The molecule has 20 heavy (non-hydrogen) atoms. The molecule has 0 radical (unpaired) electrons. The number of benzene rings is 2. The predicted octanol–water partition coefficient (Wildman–Crippen LogP) is 4.05. The van der Waals surface area contributed by atoms with Gasteiger partial charge in [-0.25, -0.2) is 0 Å². The Morgan fingerprint density at radius 3 is 2.65 bits per heavy atom. The first-order valence-electron chi connectivity index (χ1n) is 5.72. The van der Waals surface area contributed by atoms with E-state index in [-0.39, 0.29) is 5.91 Å². The van der Waals surface area contributed by atoms with Gasteiger partial charge in [0.25, 0.3) is 5.91 Å². The van der Waals surface area contributed by atoms with E-state index in [9.17, 15) is 4.79 Å². The van der Waals surface area contributed by atoms with Crippen molar-refractivity contribution in [1.29, 1.82) is 0 Å². The summed E-state index contributed by atoms with van der Waals surface area (Å²) in [5, 5.41) is 2.80. The second-order valence-electron chi connectivity index (χ2n) is 4.00. The quantitative estimate of drug-likeness (QED) is 0.765. The minimum atomic E-state index is -0.288. The molecular formula is C14H12Br2N2O2. The minimum absolute atomic E-state index is 0.288. The van der Waals surface area contributed by atoms with E-state index in [1.165, 1.54) is 7.11 Å². The van der Waals surface area contributed by atoms with Crippen molar-refractivity contribution in [2.45, 2.75) is 0 Å². The van der Waals surface area contributed by atoms with Crippen LogP contribution in [0.25, 0.3) is 0 Å². The highest BCUT2D eigenvalue weighted by atomic mass is 79.9. The molecule has 1 amide bonds. The van der Waals surface area contributed by atoms with Crippen LogP contribution in [0.4, 0.5) is 11.4 Å². The maximum absolute atomic E-state index is 12.3. The summed E-state index contributed by atoms with van der Waals surface area (Å²) in [5.41, 5.74) is 7.27. The van der Waals surface area contributed by atoms with E-state index in [4.69, 9.17) is 10.5 Å². The Labute approximate surface area is 133 Å². The maximum Gasteiger partial charge on any atom is 0.257 e. The summed E-state index contributed by atoms with van der Waals surface area (Å²) in [4.78, 5) is 12.3. The second kappa shape index (κ2) is 6.28. The topological polar surface area (TPSA) is 64.3 Å². The third kappa shape index (κ3) is 3.13. The molecule has 2 aromatic rings. The lowest BCUT2D eigenvalue weighted by Gasteiger charge is -2.11. The average molecular weight is 400 g/mol. The highest BCUT2D eigenvalue weighted by Gasteiger charge is 2.14. The van der Waals surface area contributed by atoms with E-state index in [1.54, 1.807) is 24.3 Å². The van der Waals surface area contributed by atoms with Gasteiger partial charge in [-0.3, -0.25) is 4.79 Å². The number of halogens is 2. The van der Waals surface area contributed by atoms with Crippen LogP contribution in [-0.4, -0.2) is 13.0 Å². The van der Waals surface area contributed by atoms with Gasteiger partial charge in [0.05, 0.1) is 24.0 Å². The summed E-state index contributed by atoms with van der Waals surface area (Å²) in [5.74, 6) is 0.192. The van der Waals surface area contributed by atoms with Crippen LogP contribution in [-0.2, 0) is 0 Å². The Bertz CT molecular complexity index is 660. The number of nitrogen functional groups attached to an aromatic ring is 1.